The van der Waals surface area contributed by atoms with Crippen LogP contribution in [-0.2, 0) is 31.4 Å². The first-order chi connectivity index (χ1) is 21.9. The minimum Gasteiger partial charge on any atom is -0.343 e. The molecule has 0 saturated heterocycles. The number of hydrogen-bond acceptors (Lipinski definition) is 0. The van der Waals surface area contributed by atoms with Gasteiger partial charge in [-0.15, -0.1) is 69.1 Å². The third kappa shape index (κ3) is 7.88. The van der Waals surface area contributed by atoms with Gasteiger partial charge in [0.2, 0.25) is 0 Å². The van der Waals surface area contributed by atoms with Crippen LogP contribution >= 0.6 is 0 Å². The van der Waals surface area contributed by atoms with Crippen molar-refractivity contribution >= 4 is 40.0 Å². The molecule has 0 aliphatic heterocycles. The Bertz CT molecular complexity index is 1630. The number of unbranched alkanes of at least 4 members (excludes halogenated alkanes) is 2. The maximum absolute atomic E-state index is 3.60. The largest absolute Gasteiger partial charge is 4.00 e. The van der Waals surface area contributed by atoms with Crippen molar-refractivity contribution < 1.29 is 18.6 Å². The Labute approximate surface area is 292 Å². The van der Waals surface area contributed by atoms with Crippen molar-refractivity contribution in [2.75, 3.05) is 0 Å². The Balaban J connectivity index is 0.000000577. The Hall–Kier alpha value is -3.10. The summed E-state index contributed by atoms with van der Waals surface area (Å²) in [7, 11) is -2.14. The zero-order chi connectivity index (χ0) is 32.4. The van der Waals surface area contributed by atoms with Gasteiger partial charge in [0.15, 0.2) is 0 Å². The molecule has 0 bridgehead atoms. The summed E-state index contributed by atoms with van der Waals surface area (Å²) in [5, 5.41) is 8.94. The third-order valence-electron chi connectivity index (χ3n) is 8.88. The topological polar surface area (TPSA) is 0 Å². The maximum Gasteiger partial charge on any atom is 4.00 e. The molecular formula is C44H52SiV. The fourth-order valence-electron chi connectivity index (χ4n) is 6.61. The van der Waals surface area contributed by atoms with Crippen LogP contribution in [-0.4, -0.2) is 8.07 Å². The van der Waals surface area contributed by atoms with Gasteiger partial charge in [-0.3, -0.25) is 0 Å². The van der Waals surface area contributed by atoms with Crippen molar-refractivity contribution in [1.82, 2.24) is 0 Å². The van der Waals surface area contributed by atoms with E-state index in [1.165, 1.54) is 67.8 Å². The molecule has 0 N–H and O–H groups in total. The van der Waals surface area contributed by atoms with Crippen molar-refractivity contribution in [2.45, 2.75) is 79.3 Å². The second kappa shape index (κ2) is 17.7. The standard InChI is InChI=1S/C36H34Si.2C4H9.V/c1-5-25-23-29-19-13-21-31(27-15-9-7-10-16-27)33(29)35(25)37(3,4)36-26(6-2)24-30-20-14-22-32(34(30)36)28-17-11-8-12-18-28;2*1-3-4-2;/h7-24H,5-6H2,1-4H3;2*1,3-4H2,2H3;/q-2;2*-1;+4. The van der Waals surface area contributed by atoms with Gasteiger partial charge in [0.1, 0.15) is 0 Å². The minimum absolute atomic E-state index is 0. The van der Waals surface area contributed by atoms with E-state index in [0.717, 1.165) is 25.7 Å². The van der Waals surface area contributed by atoms with Crippen LogP contribution < -0.4 is 10.4 Å². The van der Waals surface area contributed by atoms with Crippen LogP contribution in [0.15, 0.2) is 109 Å². The molecule has 0 heterocycles. The van der Waals surface area contributed by atoms with Crippen molar-refractivity contribution in [3.05, 3.63) is 134 Å². The Morgan fingerprint density at radius 3 is 1.17 bits per heavy atom. The van der Waals surface area contributed by atoms with Crippen molar-refractivity contribution in [1.29, 1.82) is 0 Å². The molecule has 46 heavy (non-hydrogen) atoms. The fraction of sp³-hybridized carbons (Fsp3) is 0.273. The van der Waals surface area contributed by atoms with Gasteiger partial charge < -0.3 is 13.8 Å². The second-order valence-corrected chi connectivity index (χ2v) is 16.7. The number of hydrogen-bond donors (Lipinski definition) is 0. The molecule has 237 valence electrons. The van der Waals surface area contributed by atoms with Gasteiger partial charge in [0.05, 0.1) is 0 Å². The molecule has 0 saturated carbocycles. The number of rotatable bonds is 8. The van der Waals surface area contributed by atoms with E-state index < -0.39 is 8.07 Å². The van der Waals surface area contributed by atoms with Gasteiger partial charge in [-0.25, -0.2) is 0 Å². The molecule has 1 radical (unpaired) electrons. The van der Waals surface area contributed by atoms with Crippen LogP contribution in [0.5, 0.6) is 0 Å². The van der Waals surface area contributed by atoms with Gasteiger partial charge >= 0.3 is 18.6 Å². The van der Waals surface area contributed by atoms with E-state index in [9.17, 15) is 0 Å². The van der Waals surface area contributed by atoms with E-state index in [1.54, 1.807) is 10.4 Å². The average Bonchev–Trinajstić information content (AvgIpc) is 3.69. The molecule has 2 heteroatoms. The molecule has 0 aliphatic rings. The summed E-state index contributed by atoms with van der Waals surface area (Å²) in [6.07, 6.45) is 6.67. The minimum atomic E-state index is -2.14. The normalized spacial score (nSPS) is 11.0. The Kier molecular flexibility index (Phi) is 14.4. The van der Waals surface area contributed by atoms with Gasteiger partial charge in [-0.1, -0.05) is 138 Å². The number of fused-ring (bicyclic) bond motifs is 2. The number of aryl methyl sites for hydroxylation is 2. The van der Waals surface area contributed by atoms with Crippen LogP contribution in [0.1, 0.15) is 64.5 Å². The van der Waals surface area contributed by atoms with E-state index in [-0.39, 0.29) is 18.6 Å². The van der Waals surface area contributed by atoms with Crippen LogP contribution in [0.2, 0.25) is 13.1 Å². The molecule has 0 aliphatic carbocycles. The van der Waals surface area contributed by atoms with E-state index in [2.05, 4.69) is 164 Å². The van der Waals surface area contributed by atoms with Crippen molar-refractivity contribution in [2.24, 2.45) is 0 Å². The molecule has 0 aromatic heterocycles. The summed E-state index contributed by atoms with van der Waals surface area (Å²) in [5.74, 6) is 0. The molecule has 0 amide bonds. The first kappa shape index (κ1) is 37.4. The van der Waals surface area contributed by atoms with Crippen LogP contribution in [0.4, 0.5) is 0 Å². The smallest absolute Gasteiger partial charge is 0.343 e. The molecule has 0 unspecified atom stereocenters. The molecular weight excluding hydrogens is 608 g/mol. The third-order valence-corrected chi connectivity index (χ3v) is 12.5. The summed E-state index contributed by atoms with van der Waals surface area (Å²) in [4.78, 5) is 0. The number of benzene rings is 4. The van der Waals surface area contributed by atoms with Crippen LogP contribution in [0.25, 0.3) is 43.8 Å². The molecule has 0 nitrogen and oxygen atoms in total. The van der Waals surface area contributed by atoms with Crippen molar-refractivity contribution in [3.8, 4) is 22.3 Å². The van der Waals surface area contributed by atoms with Crippen LogP contribution in [0, 0.1) is 13.8 Å². The summed E-state index contributed by atoms with van der Waals surface area (Å²) >= 11 is 0. The summed E-state index contributed by atoms with van der Waals surface area (Å²) in [6.45, 7) is 21.3. The second-order valence-electron chi connectivity index (χ2n) is 12.4. The summed E-state index contributed by atoms with van der Waals surface area (Å²) < 4.78 is 0. The molecule has 6 rings (SSSR count). The Morgan fingerprint density at radius 2 is 0.870 bits per heavy atom. The quantitative estimate of drug-likeness (QED) is 0.113. The van der Waals surface area contributed by atoms with Gasteiger partial charge in [-0.05, 0) is 24.0 Å². The zero-order valence-corrected chi connectivity index (χ0v) is 31.4. The van der Waals surface area contributed by atoms with Gasteiger partial charge in [-0.2, -0.15) is 23.2 Å². The summed E-state index contributed by atoms with van der Waals surface area (Å²) in [5.41, 5.74) is 8.38. The summed E-state index contributed by atoms with van der Waals surface area (Å²) in [6, 6.07) is 40.6. The Morgan fingerprint density at radius 1 is 0.522 bits per heavy atom. The average molecular weight is 660 g/mol. The molecule has 6 aromatic rings. The van der Waals surface area contributed by atoms with Crippen molar-refractivity contribution in [3.63, 3.8) is 0 Å². The first-order valence-corrected chi connectivity index (χ1v) is 20.0. The van der Waals surface area contributed by atoms with E-state index in [1.807, 2.05) is 0 Å². The van der Waals surface area contributed by atoms with Gasteiger partial charge in [0.25, 0.3) is 0 Å². The predicted molar refractivity (Wildman–Crippen MR) is 206 cm³/mol. The molecule has 0 atom stereocenters. The fourth-order valence-corrected chi connectivity index (χ4v) is 10.8. The zero-order valence-electron chi connectivity index (χ0n) is 29.0. The van der Waals surface area contributed by atoms with E-state index >= 15 is 0 Å². The predicted octanol–water partition coefficient (Wildman–Crippen LogP) is 12.0. The first-order valence-electron chi connectivity index (χ1n) is 17.0. The van der Waals surface area contributed by atoms with Crippen LogP contribution in [0.3, 0.4) is 0 Å². The monoisotopic (exact) mass is 659 g/mol. The SMILES string of the molecule is CCc1[cH-]c2cccc(-c3ccccc3)c2c1[Si](C)(C)c1c(CC)[cH-]c2cccc(-c3ccccc3)c12.[CH2-]CCC.[CH2-]CCC.[V+4]. The molecule has 0 spiro atoms. The maximum atomic E-state index is 3.60. The van der Waals surface area contributed by atoms with E-state index in [0.29, 0.717) is 0 Å². The molecule has 6 aromatic carbocycles. The molecule has 0 fully saturated rings. The van der Waals surface area contributed by atoms with E-state index in [4.69, 9.17) is 0 Å². The van der Waals surface area contributed by atoms with Gasteiger partial charge in [0, 0.05) is 8.07 Å².